The maximum absolute atomic E-state index is 11.8. The molecule has 0 aromatic carbocycles. The summed E-state index contributed by atoms with van der Waals surface area (Å²) >= 11 is -2.62. The normalized spacial score (nSPS) is 22.9. The second-order valence-electron chi connectivity index (χ2n) is 6.19. The van der Waals surface area contributed by atoms with Crippen LogP contribution in [0.4, 0.5) is 0 Å². The maximum Gasteiger partial charge on any atom is 0.313 e. The molecule has 7 nitrogen and oxygen atoms in total. The van der Waals surface area contributed by atoms with Crippen molar-refractivity contribution in [1.29, 1.82) is 0 Å². The van der Waals surface area contributed by atoms with Gasteiger partial charge in [-0.05, 0) is 13.8 Å². The summed E-state index contributed by atoms with van der Waals surface area (Å²) in [4.78, 5) is 14.0. The first kappa shape index (κ1) is 15.8. The lowest BCUT2D eigenvalue weighted by Crippen LogP contribution is -2.66. The van der Waals surface area contributed by atoms with Gasteiger partial charge in [-0.1, -0.05) is 0 Å². The molecule has 2 aliphatic rings. The van der Waals surface area contributed by atoms with Gasteiger partial charge in [-0.2, -0.15) is 0 Å². The molecule has 8 heteroatoms. The van der Waals surface area contributed by atoms with Gasteiger partial charge in [-0.15, -0.1) is 0 Å². The molecule has 0 aromatic heterocycles. The molecule has 1 unspecified atom stereocenters. The first-order valence-electron chi connectivity index (χ1n) is 6.53. The highest BCUT2D eigenvalue weighted by Gasteiger charge is 2.48. The summed E-state index contributed by atoms with van der Waals surface area (Å²) in [5.74, 6) is -0.454. The highest BCUT2D eigenvalue weighted by Crippen LogP contribution is 2.37. The number of carbonyl (C=O) groups is 1. The average molecular weight is 306 g/mol. The third-order valence-electron chi connectivity index (χ3n) is 3.64. The zero-order valence-electron chi connectivity index (χ0n) is 11.8. The van der Waals surface area contributed by atoms with Crippen LogP contribution >= 0.6 is 0 Å². The van der Waals surface area contributed by atoms with Crippen LogP contribution in [0.25, 0.3) is 0 Å². The van der Waals surface area contributed by atoms with E-state index in [-0.39, 0.29) is 6.61 Å². The molecule has 2 rings (SSSR count). The molecule has 1 spiro atoms. The van der Waals surface area contributed by atoms with Crippen molar-refractivity contribution in [3.63, 3.8) is 0 Å². The average Bonchev–Trinajstić information content (AvgIpc) is 2.26. The minimum Gasteiger partial charge on any atom is -0.750 e. The van der Waals surface area contributed by atoms with Crippen LogP contribution in [-0.4, -0.2) is 65.7 Å². The maximum atomic E-state index is 11.8. The van der Waals surface area contributed by atoms with Crippen molar-refractivity contribution in [1.82, 2.24) is 4.90 Å². The van der Waals surface area contributed by atoms with Crippen LogP contribution in [0, 0.1) is 10.8 Å². The van der Waals surface area contributed by atoms with Crippen LogP contribution in [0.3, 0.4) is 0 Å². The Morgan fingerprint density at radius 3 is 2.60 bits per heavy atom. The largest absolute Gasteiger partial charge is 0.750 e. The number of rotatable bonds is 7. The van der Waals surface area contributed by atoms with Crippen molar-refractivity contribution in [2.45, 2.75) is 13.8 Å². The first-order chi connectivity index (χ1) is 9.33. The number of hydrogen-bond acceptors (Lipinski definition) is 7. The van der Waals surface area contributed by atoms with Crippen LogP contribution in [0.1, 0.15) is 13.8 Å². The van der Waals surface area contributed by atoms with Gasteiger partial charge >= 0.3 is 5.97 Å². The quantitative estimate of drug-likeness (QED) is 0.471. The van der Waals surface area contributed by atoms with Crippen LogP contribution in [-0.2, 0) is 29.8 Å². The Morgan fingerprint density at radius 1 is 1.45 bits per heavy atom. The molecule has 0 amide bonds. The predicted molar refractivity (Wildman–Crippen MR) is 69.3 cm³/mol. The predicted octanol–water partition coefficient (Wildman–Crippen LogP) is -0.301. The van der Waals surface area contributed by atoms with E-state index in [4.69, 9.17) is 9.47 Å². The van der Waals surface area contributed by atoms with E-state index < -0.39 is 22.7 Å². The Bertz CT molecular complexity index is 387. The van der Waals surface area contributed by atoms with Gasteiger partial charge in [-0.3, -0.25) is 13.9 Å². The van der Waals surface area contributed by atoms with E-state index in [0.717, 1.165) is 26.3 Å². The lowest BCUT2D eigenvalue weighted by molar-refractivity contribution is -0.192. The second kappa shape index (κ2) is 6.07. The lowest BCUT2D eigenvalue weighted by Gasteiger charge is -2.55. The van der Waals surface area contributed by atoms with Crippen molar-refractivity contribution in [2.75, 3.05) is 46.1 Å². The van der Waals surface area contributed by atoms with Crippen molar-refractivity contribution >= 4 is 17.3 Å². The van der Waals surface area contributed by atoms with E-state index in [1.54, 1.807) is 13.8 Å². The molecule has 0 N–H and O–H groups in total. The number of esters is 1. The lowest BCUT2D eigenvalue weighted by atomic mass is 9.78. The summed E-state index contributed by atoms with van der Waals surface area (Å²) in [7, 11) is 0. The smallest absolute Gasteiger partial charge is 0.313 e. The monoisotopic (exact) mass is 306 g/mol. The van der Waals surface area contributed by atoms with Gasteiger partial charge in [0.15, 0.2) is 0 Å². The van der Waals surface area contributed by atoms with Crippen LogP contribution in [0.5, 0.6) is 0 Å². The molecule has 2 aliphatic heterocycles. The fraction of sp³-hybridized carbons (Fsp3) is 0.917. The van der Waals surface area contributed by atoms with Crippen LogP contribution in [0.2, 0.25) is 0 Å². The Hall–Kier alpha value is -0.540. The minimum absolute atomic E-state index is 0.216. The van der Waals surface area contributed by atoms with Gasteiger partial charge in [0.25, 0.3) is 0 Å². The summed E-state index contributed by atoms with van der Waals surface area (Å²) < 4.78 is 35.4. The molecule has 0 bridgehead atoms. The molecule has 2 saturated heterocycles. The molecule has 0 aromatic rings. The van der Waals surface area contributed by atoms with Crippen molar-refractivity contribution in [3.05, 3.63) is 0 Å². The number of carbonyl (C=O) groups excluding carboxylic acids is 1. The van der Waals surface area contributed by atoms with E-state index in [1.165, 1.54) is 0 Å². The number of hydrogen-bond donors (Lipinski definition) is 0. The van der Waals surface area contributed by atoms with Gasteiger partial charge in [0.1, 0.15) is 6.61 Å². The van der Waals surface area contributed by atoms with Crippen molar-refractivity contribution in [3.8, 4) is 0 Å². The standard InChI is InChI=1S/C12H21NO6S/c1-11(2,7-19-20(15)16)10(14)18-4-3-13-5-12(6-13)8-17-9-12/h3-9H2,1-2H3,(H,15,16)/p-1. The molecular weight excluding hydrogens is 286 g/mol. The summed E-state index contributed by atoms with van der Waals surface area (Å²) in [6.45, 7) is 7.61. The van der Waals surface area contributed by atoms with Gasteiger partial charge < -0.3 is 14.0 Å². The zero-order chi connectivity index (χ0) is 14.8. The van der Waals surface area contributed by atoms with Crippen LogP contribution in [0.15, 0.2) is 0 Å². The summed E-state index contributed by atoms with van der Waals surface area (Å²) in [5.41, 5.74) is -0.618. The molecule has 0 saturated carbocycles. The van der Waals surface area contributed by atoms with E-state index in [1.807, 2.05) is 0 Å². The summed E-state index contributed by atoms with van der Waals surface area (Å²) in [6, 6.07) is 0. The van der Waals surface area contributed by atoms with Gasteiger partial charge in [0.2, 0.25) is 0 Å². The molecule has 1 atom stereocenters. The topological polar surface area (TPSA) is 88.1 Å². The van der Waals surface area contributed by atoms with Crippen LogP contribution < -0.4 is 0 Å². The molecular formula is C12H20NO6S-. The molecule has 2 fully saturated rings. The number of ether oxygens (including phenoxy) is 2. The SMILES string of the molecule is CC(C)(COS(=O)[O-])C(=O)OCCN1CC2(COC2)C1. The third-order valence-corrected chi connectivity index (χ3v) is 3.95. The second-order valence-corrected chi connectivity index (χ2v) is 6.83. The van der Waals surface area contributed by atoms with E-state index in [0.29, 0.717) is 18.6 Å². The summed E-state index contributed by atoms with van der Waals surface area (Å²) in [6.07, 6.45) is 0. The Kier molecular flexibility index (Phi) is 4.80. The highest BCUT2D eigenvalue weighted by molar-refractivity contribution is 7.74. The minimum atomic E-state index is -2.62. The molecule has 0 radical (unpaired) electrons. The number of likely N-dealkylation sites (tertiary alicyclic amines) is 1. The fourth-order valence-corrected chi connectivity index (χ4v) is 2.74. The highest BCUT2D eigenvalue weighted by atomic mass is 32.2. The fourth-order valence-electron chi connectivity index (χ4n) is 2.35. The molecule has 0 aliphatic carbocycles. The van der Waals surface area contributed by atoms with Crippen molar-refractivity contribution < 1.29 is 27.2 Å². The Morgan fingerprint density at radius 2 is 2.10 bits per heavy atom. The Labute approximate surface area is 121 Å². The van der Waals surface area contributed by atoms with Gasteiger partial charge in [0.05, 0.1) is 36.6 Å². The molecule has 2 heterocycles. The zero-order valence-corrected chi connectivity index (χ0v) is 12.6. The third kappa shape index (κ3) is 3.76. The van der Waals surface area contributed by atoms with Gasteiger partial charge in [-0.25, -0.2) is 4.21 Å². The van der Waals surface area contributed by atoms with E-state index in [2.05, 4.69) is 9.08 Å². The van der Waals surface area contributed by atoms with Gasteiger partial charge in [0, 0.05) is 25.0 Å². The van der Waals surface area contributed by atoms with E-state index in [9.17, 15) is 13.6 Å². The Balaban J connectivity index is 1.61. The van der Waals surface area contributed by atoms with E-state index >= 15 is 0 Å². The molecule has 116 valence electrons. The van der Waals surface area contributed by atoms with Crippen molar-refractivity contribution in [2.24, 2.45) is 10.8 Å². The molecule has 20 heavy (non-hydrogen) atoms. The summed E-state index contributed by atoms with van der Waals surface area (Å²) in [5, 5.41) is 0. The first-order valence-corrected chi connectivity index (χ1v) is 7.53. The number of nitrogens with zero attached hydrogens (tertiary/aromatic N) is 1.